The molecule has 0 radical (unpaired) electrons. The van der Waals surface area contributed by atoms with E-state index in [0.717, 1.165) is 43.1 Å². The van der Waals surface area contributed by atoms with Gasteiger partial charge in [0.15, 0.2) is 5.65 Å². The highest BCUT2D eigenvalue weighted by atomic mass is 16.5. The summed E-state index contributed by atoms with van der Waals surface area (Å²) in [7, 11) is 1.68. The summed E-state index contributed by atoms with van der Waals surface area (Å²) in [6.45, 7) is 3.61. The van der Waals surface area contributed by atoms with Crippen molar-refractivity contribution in [2.75, 3.05) is 38.2 Å². The lowest BCUT2D eigenvalue weighted by atomic mass is 9.72. The van der Waals surface area contributed by atoms with Gasteiger partial charge in [0.05, 0.1) is 19.0 Å². The van der Waals surface area contributed by atoms with Gasteiger partial charge in [-0.3, -0.25) is 4.79 Å². The molecule has 7 nitrogen and oxygen atoms in total. The summed E-state index contributed by atoms with van der Waals surface area (Å²) in [6, 6.07) is 10.6. The second kappa shape index (κ2) is 5.95. The van der Waals surface area contributed by atoms with E-state index in [9.17, 15) is 4.79 Å². The number of hydrogen-bond acceptors (Lipinski definition) is 5. The molecule has 6 rings (SSSR count). The van der Waals surface area contributed by atoms with Gasteiger partial charge in [-0.1, -0.05) is 0 Å². The van der Waals surface area contributed by atoms with Crippen LogP contribution in [0, 0.1) is 5.41 Å². The molecule has 1 amide bonds. The predicted molar refractivity (Wildman–Crippen MR) is 109 cm³/mol. The zero-order valence-corrected chi connectivity index (χ0v) is 16.4. The molecule has 3 fully saturated rings. The molecule has 2 aromatic heterocycles. The van der Waals surface area contributed by atoms with Crippen molar-refractivity contribution in [3.63, 3.8) is 0 Å². The molecule has 1 spiro atoms. The third-order valence-corrected chi connectivity index (χ3v) is 6.43. The normalized spacial score (nSPS) is 19.9. The van der Waals surface area contributed by atoms with Crippen LogP contribution in [0.25, 0.3) is 11.2 Å². The summed E-state index contributed by atoms with van der Waals surface area (Å²) >= 11 is 0. The predicted octanol–water partition coefficient (Wildman–Crippen LogP) is 2.74. The Labute approximate surface area is 168 Å². The summed E-state index contributed by atoms with van der Waals surface area (Å²) < 4.78 is 7.35. The van der Waals surface area contributed by atoms with Crippen molar-refractivity contribution < 1.29 is 9.53 Å². The third-order valence-electron chi connectivity index (χ3n) is 6.43. The number of amides is 1. The monoisotopic (exact) mass is 389 g/mol. The molecule has 7 heteroatoms. The van der Waals surface area contributed by atoms with Crippen molar-refractivity contribution in [3.05, 3.63) is 48.4 Å². The number of rotatable bonds is 4. The summed E-state index contributed by atoms with van der Waals surface area (Å²) in [4.78, 5) is 26.2. The van der Waals surface area contributed by atoms with Gasteiger partial charge in [-0.25, -0.2) is 9.97 Å². The van der Waals surface area contributed by atoms with Crippen LogP contribution in [0.1, 0.15) is 29.2 Å². The molecule has 1 aromatic carbocycles. The molecule has 4 heterocycles. The van der Waals surface area contributed by atoms with Gasteiger partial charge in [-0.2, -0.15) is 0 Å². The topological polar surface area (TPSA) is 63.5 Å². The minimum Gasteiger partial charge on any atom is -0.497 e. The van der Waals surface area contributed by atoms with Crippen LogP contribution in [0.4, 0.5) is 5.69 Å². The van der Waals surface area contributed by atoms with E-state index in [1.54, 1.807) is 13.3 Å². The highest BCUT2D eigenvalue weighted by Crippen LogP contribution is 2.42. The van der Waals surface area contributed by atoms with Gasteiger partial charge < -0.3 is 19.1 Å². The number of likely N-dealkylation sites (tertiary alicyclic amines) is 1. The number of pyridine rings is 1. The number of nitrogens with zero attached hydrogens (tertiary/aromatic N) is 5. The van der Waals surface area contributed by atoms with Crippen LogP contribution in [-0.4, -0.2) is 58.6 Å². The van der Waals surface area contributed by atoms with Gasteiger partial charge in [-0.05, 0) is 43.2 Å². The maximum Gasteiger partial charge on any atom is 0.255 e. The first-order valence-electron chi connectivity index (χ1n) is 10.2. The van der Waals surface area contributed by atoms with Crippen molar-refractivity contribution >= 4 is 22.8 Å². The molecule has 0 atom stereocenters. The molecule has 1 saturated carbocycles. The van der Waals surface area contributed by atoms with Crippen LogP contribution >= 0.6 is 0 Å². The highest BCUT2D eigenvalue weighted by Gasteiger charge is 2.53. The Morgan fingerprint density at radius 2 is 1.86 bits per heavy atom. The van der Waals surface area contributed by atoms with Crippen molar-refractivity contribution in [2.45, 2.75) is 18.9 Å². The number of carbonyl (C=O) groups is 1. The lowest BCUT2D eigenvalue weighted by molar-refractivity contribution is -0.0105. The second-order valence-corrected chi connectivity index (χ2v) is 8.67. The summed E-state index contributed by atoms with van der Waals surface area (Å²) in [5, 5.41) is 0. The van der Waals surface area contributed by atoms with E-state index in [4.69, 9.17) is 4.74 Å². The number of anilines is 1. The first-order valence-corrected chi connectivity index (χ1v) is 10.2. The molecular formula is C22H23N5O2. The molecule has 148 valence electrons. The summed E-state index contributed by atoms with van der Waals surface area (Å²) in [5.41, 5.74) is 3.79. The number of imidazole rings is 1. The number of aromatic nitrogens is 3. The molecule has 3 aliphatic rings. The number of hydrogen-bond donors (Lipinski definition) is 0. The molecule has 2 aliphatic heterocycles. The lowest BCUT2D eigenvalue weighted by Gasteiger charge is -2.60. The molecule has 0 N–H and O–H groups in total. The van der Waals surface area contributed by atoms with Crippen LogP contribution < -0.4 is 9.64 Å². The van der Waals surface area contributed by atoms with E-state index in [1.807, 2.05) is 29.4 Å². The van der Waals surface area contributed by atoms with Gasteiger partial charge in [0, 0.05) is 49.5 Å². The van der Waals surface area contributed by atoms with Crippen molar-refractivity contribution in [1.82, 2.24) is 19.4 Å². The Bertz CT molecular complexity index is 1090. The molecule has 3 aromatic rings. The summed E-state index contributed by atoms with van der Waals surface area (Å²) in [5.74, 6) is 0.936. The number of benzene rings is 1. The van der Waals surface area contributed by atoms with Gasteiger partial charge in [0.2, 0.25) is 0 Å². The van der Waals surface area contributed by atoms with Crippen LogP contribution in [0.15, 0.2) is 42.9 Å². The van der Waals surface area contributed by atoms with Crippen molar-refractivity contribution in [2.24, 2.45) is 5.41 Å². The quantitative estimate of drug-likeness (QED) is 0.687. The SMILES string of the molecule is COc1ccc(N2CC3(CN(C(=O)c4cnc5c(c4)ncn5C4CC4)C3)C2)cc1. The number of methoxy groups -OCH3 is 1. The fourth-order valence-corrected chi connectivity index (χ4v) is 4.68. The number of ether oxygens (including phenoxy) is 1. The smallest absolute Gasteiger partial charge is 0.255 e. The van der Waals surface area contributed by atoms with Crippen molar-refractivity contribution in [1.29, 1.82) is 0 Å². The molecular weight excluding hydrogens is 366 g/mol. The first-order chi connectivity index (χ1) is 14.1. The van der Waals surface area contributed by atoms with E-state index in [0.29, 0.717) is 11.6 Å². The Balaban J connectivity index is 1.10. The number of carbonyl (C=O) groups excluding carboxylic acids is 1. The standard InChI is InChI=1S/C22H23N5O2/c1-29-18-6-4-16(5-7-18)25-10-22(11-25)12-26(13-22)21(28)15-8-19-20(23-9-15)27(14-24-19)17-2-3-17/h4-9,14,17H,2-3,10-13H2,1H3. The van der Waals surface area contributed by atoms with Crippen LogP contribution in [0.3, 0.4) is 0 Å². The lowest BCUT2D eigenvalue weighted by Crippen LogP contribution is -2.73. The fraction of sp³-hybridized carbons (Fsp3) is 0.409. The average molecular weight is 389 g/mol. The molecule has 0 bridgehead atoms. The molecule has 2 saturated heterocycles. The first kappa shape index (κ1) is 16.8. The highest BCUT2D eigenvalue weighted by molar-refractivity contribution is 5.97. The van der Waals surface area contributed by atoms with Crippen LogP contribution in [0.5, 0.6) is 5.75 Å². The van der Waals surface area contributed by atoms with Gasteiger partial charge >= 0.3 is 0 Å². The Kier molecular flexibility index (Phi) is 3.45. The van der Waals surface area contributed by atoms with E-state index >= 15 is 0 Å². The van der Waals surface area contributed by atoms with E-state index < -0.39 is 0 Å². The second-order valence-electron chi connectivity index (χ2n) is 8.67. The van der Waals surface area contributed by atoms with Crippen LogP contribution in [0.2, 0.25) is 0 Å². The fourth-order valence-electron chi connectivity index (χ4n) is 4.68. The molecule has 0 unspecified atom stereocenters. The van der Waals surface area contributed by atoms with Gasteiger partial charge in [-0.15, -0.1) is 0 Å². The molecule has 29 heavy (non-hydrogen) atoms. The van der Waals surface area contributed by atoms with E-state index in [2.05, 4.69) is 31.6 Å². The average Bonchev–Trinajstić information content (AvgIpc) is 3.45. The Hall–Kier alpha value is -3.09. The van der Waals surface area contributed by atoms with E-state index in [-0.39, 0.29) is 11.3 Å². The Morgan fingerprint density at radius 1 is 1.10 bits per heavy atom. The van der Waals surface area contributed by atoms with E-state index in [1.165, 1.54) is 18.5 Å². The minimum absolute atomic E-state index is 0.0638. The van der Waals surface area contributed by atoms with Gasteiger partial charge in [0.1, 0.15) is 11.3 Å². The minimum atomic E-state index is 0.0638. The molecule has 1 aliphatic carbocycles. The Morgan fingerprint density at radius 3 is 2.55 bits per heavy atom. The maximum absolute atomic E-state index is 12.9. The number of fused-ring (bicyclic) bond motifs is 1. The zero-order valence-electron chi connectivity index (χ0n) is 16.4. The largest absolute Gasteiger partial charge is 0.497 e. The van der Waals surface area contributed by atoms with Gasteiger partial charge in [0.25, 0.3) is 5.91 Å². The van der Waals surface area contributed by atoms with Crippen molar-refractivity contribution in [3.8, 4) is 5.75 Å². The summed E-state index contributed by atoms with van der Waals surface area (Å²) in [6.07, 6.45) is 5.94. The maximum atomic E-state index is 12.9. The third kappa shape index (κ3) is 2.68. The van der Waals surface area contributed by atoms with Crippen LogP contribution in [-0.2, 0) is 0 Å². The zero-order chi connectivity index (χ0) is 19.6.